The Morgan fingerprint density at radius 1 is 1.30 bits per heavy atom. The molecule has 1 aromatic carbocycles. The van der Waals surface area contributed by atoms with E-state index in [4.69, 9.17) is 9.84 Å². The van der Waals surface area contributed by atoms with Gasteiger partial charge in [-0.05, 0) is 18.1 Å². The fourth-order valence-corrected chi connectivity index (χ4v) is 1.61. The summed E-state index contributed by atoms with van der Waals surface area (Å²) in [6.07, 6.45) is 0. The van der Waals surface area contributed by atoms with Crippen LogP contribution in [0.5, 0.6) is 11.5 Å². The number of aliphatic carboxylic acids is 1. The molecule has 0 aromatic heterocycles. The Kier molecular flexibility index (Phi) is 5.83. The lowest BCUT2D eigenvalue weighted by Crippen LogP contribution is -2.37. The summed E-state index contributed by atoms with van der Waals surface area (Å²) in [5.74, 6) is -1.93. The van der Waals surface area contributed by atoms with E-state index in [0.717, 1.165) is 0 Å². The van der Waals surface area contributed by atoms with Gasteiger partial charge >= 0.3 is 5.97 Å². The number of carbonyl (C=O) groups is 2. The zero-order chi connectivity index (χ0) is 15.1. The number of nitrogens with one attached hydrogen (secondary N) is 1. The minimum Gasteiger partial charge on any atom is -0.504 e. The largest absolute Gasteiger partial charge is 0.504 e. The Morgan fingerprint density at radius 2 is 1.95 bits per heavy atom. The van der Waals surface area contributed by atoms with E-state index in [1.165, 1.54) is 12.1 Å². The molecule has 1 rings (SSSR count). The molecule has 1 unspecified atom stereocenters. The summed E-state index contributed by atoms with van der Waals surface area (Å²) in [5, 5.41) is 20.9. The van der Waals surface area contributed by atoms with Gasteiger partial charge < -0.3 is 20.3 Å². The number of phenols is 1. The summed E-state index contributed by atoms with van der Waals surface area (Å²) < 4.78 is 5.14. The van der Waals surface area contributed by atoms with Crippen molar-refractivity contribution in [3.05, 3.63) is 24.3 Å². The molecule has 1 atom stereocenters. The number of carbonyl (C=O) groups excluding carboxylic acids is 1. The highest BCUT2D eigenvalue weighted by Crippen LogP contribution is 2.23. The molecule has 0 fully saturated rings. The van der Waals surface area contributed by atoms with Crippen LogP contribution in [0.25, 0.3) is 0 Å². The van der Waals surface area contributed by atoms with Crippen molar-refractivity contribution in [1.82, 2.24) is 5.32 Å². The van der Waals surface area contributed by atoms with Gasteiger partial charge in [-0.25, -0.2) is 0 Å². The Morgan fingerprint density at radius 3 is 2.50 bits per heavy atom. The van der Waals surface area contributed by atoms with Gasteiger partial charge in [0.15, 0.2) is 18.1 Å². The van der Waals surface area contributed by atoms with Crippen LogP contribution >= 0.6 is 0 Å². The lowest BCUT2D eigenvalue weighted by Gasteiger charge is -2.16. The highest BCUT2D eigenvalue weighted by molar-refractivity contribution is 5.78. The third kappa shape index (κ3) is 4.79. The average Bonchev–Trinajstić information content (AvgIpc) is 2.37. The van der Waals surface area contributed by atoms with Crippen LogP contribution in [0.15, 0.2) is 24.3 Å². The molecule has 0 aliphatic rings. The molecular weight excluding hydrogens is 262 g/mol. The second-order valence-electron chi connectivity index (χ2n) is 4.75. The zero-order valence-electron chi connectivity index (χ0n) is 11.5. The summed E-state index contributed by atoms with van der Waals surface area (Å²) in [5.41, 5.74) is 0. The standard InChI is InChI=1S/C14H19NO5/c1-9(2)10(14(18)19)7-15-13(17)8-20-12-6-4-3-5-11(12)16/h3-6,9-10,16H,7-8H2,1-2H3,(H,15,17)(H,18,19). The van der Waals surface area contributed by atoms with E-state index in [0.29, 0.717) is 0 Å². The third-order valence-electron chi connectivity index (χ3n) is 2.87. The number of hydrogen-bond acceptors (Lipinski definition) is 4. The van der Waals surface area contributed by atoms with Crippen LogP contribution in [0.1, 0.15) is 13.8 Å². The van der Waals surface area contributed by atoms with Crippen LogP contribution in [0.3, 0.4) is 0 Å². The maximum absolute atomic E-state index is 11.6. The maximum atomic E-state index is 11.6. The number of rotatable bonds is 7. The SMILES string of the molecule is CC(C)C(CNC(=O)COc1ccccc1O)C(=O)O. The molecular formula is C14H19NO5. The average molecular weight is 281 g/mol. The number of amides is 1. The molecule has 6 nitrogen and oxygen atoms in total. The van der Waals surface area contributed by atoms with E-state index in [1.54, 1.807) is 26.0 Å². The Bertz CT molecular complexity index is 472. The van der Waals surface area contributed by atoms with Crippen molar-refractivity contribution < 1.29 is 24.5 Å². The molecule has 0 heterocycles. The van der Waals surface area contributed by atoms with Crippen LogP contribution in [-0.4, -0.2) is 35.2 Å². The maximum Gasteiger partial charge on any atom is 0.308 e. The fraction of sp³-hybridized carbons (Fsp3) is 0.429. The number of carboxylic acids is 1. The molecule has 0 saturated heterocycles. The number of para-hydroxylation sites is 2. The molecule has 110 valence electrons. The third-order valence-corrected chi connectivity index (χ3v) is 2.87. The zero-order valence-corrected chi connectivity index (χ0v) is 11.5. The van der Waals surface area contributed by atoms with E-state index < -0.39 is 17.8 Å². The topological polar surface area (TPSA) is 95.9 Å². The predicted octanol–water partition coefficient (Wildman–Crippen LogP) is 1.24. The minimum atomic E-state index is -0.943. The minimum absolute atomic E-state index is 0.0501. The van der Waals surface area contributed by atoms with Crippen LogP contribution in [0, 0.1) is 11.8 Å². The summed E-state index contributed by atoms with van der Waals surface area (Å²) in [4.78, 5) is 22.5. The van der Waals surface area contributed by atoms with Gasteiger partial charge in [-0.1, -0.05) is 26.0 Å². The molecule has 0 aliphatic heterocycles. The Labute approximate surface area is 117 Å². The van der Waals surface area contributed by atoms with Gasteiger partial charge in [-0.3, -0.25) is 9.59 Å². The van der Waals surface area contributed by atoms with E-state index in [9.17, 15) is 14.7 Å². The molecule has 0 spiro atoms. The van der Waals surface area contributed by atoms with E-state index >= 15 is 0 Å². The van der Waals surface area contributed by atoms with Gasteiger partial charge in [0.1, 0.15) is 0 Å². The van der Waals surface area contributed by atoms with Crippen LogP contribution in [0.4, 0.5) is 0 Å². The molecule has 0 bridgehead atoms. The normalized spacial score (nSPS) is 11.9. The number of benzene rings is 1. The van der Waals surface area contributed by atoms with Crippen molar-refractivity contribution in [3.63, 3.8) is 0 Å². The quantitative estimate of drug-likeness (QED) is 0.699. The number of phenolic OH excluding ortho intramolecular Hbond substituents is 1. The summed E-state index contributed by atoms with van der Waals surface area (Å²) in [6.45, 7) is 3.34. The Hall–Kier alpha value is -2.24. The molecule has 6 heteroatoms. The summed E-state index contributed by atoms with van der Waals surface area (Å²) in [7, 11) is 0. The van der Waals surface area contributed by atoms with Crippen LogP contribution in [0.2, 0.25) is 0 Å². The predicted molar refractivity (Wildman–Crippen MR) is 72.6 cm³/mol. The van der Waals surface area contributed by atoms with E-state index in [2.05, 4.69) is 5.32 Å². The molecule has 0 radical (unpaired) electrons. The van der Waals surface area contributed by atoms with Gasteiger partial charge in [0.25, 0.3) is 5.91 Å². The lowest BCUT2D eigenvalue weighted by molar-refractivity contribution is -0.143. The fourth-order valence-electron chi connectivity index (χ4n) is 1.61. The molecule has 3 N–H and O–H groups in total. The van der Waals surface area contributed by atoms with Crippen LogP contribution < -0.4 is 10.1 Å². The van der Waals surface area contributed by atoms with Crippen molar-refractivity contribution >= 4 is 11.9 Å². The smallest absolute Gasteiger partial charge is 0.308 e. The lowest BCUT2D eigenvalue weighted by atomic mass is 9.96. The highest BCUT2D eigenvalue weighted by atomic mass is 16.5. The Balaban J connectivity index is 2.41. The molecule has 20 heavy (non-hydrogen) atoms. The molecule has 0 saturated carbocycles. The van der Waals surface area contributed by atoms with Crippen LogP contribution in [-0.2, 0) is 9.59 Å². The van der Waals surface area contributed by atoms with Crippen molar-refractivity contribution in [2.75, 3.05) is 13.2 Å². The van der Waals surface area contributed by atoms with Gasteiger partial charge in [0.05, 0.1) is 5.92 Å². The van der Waals surface area contributed by atoms with E-state index in [-0.39, 0.29) is 30.6 Å². The first-order valence-electron chi connectivity index (χ1n) is 6.32. The monoisotopic (exact) mass is 281 g/mol. The van der Waals surface area contributed by atoms with Gasteiger partial charge in [0, 0.05) is 6.54 Å². The number of carboxylic acid groups (broad SMARTS) is 1. The highest BCUT2D eigenvalue weighted by Gasteiger charge is 2.22. The molecule has 1 aromatic rings. The molecule has 1 amide bonds. The second-order valence-corrected chi connectivity index (χ2v) is 4.75. The van der Waals surface area contributed by atoms with Crippen molar-refractivity contribution in [3.8, 4) is 11.5 Å². The number of hydrogen-bond donors (Lipinski definition) is 3. The summed E-state index contributed by atoms with van der Waals surface area (Å²) >= 11 is 0. The van der Waals surface area contributed by atoms with E-state index in [1.807, 2.05) is 0 Å². The molecule has 0 aliphatic carbocycles. The summed E-state index contributed by atoms with van der Waals surface area (Å²) in [6, 6.07) is 6.30. The first-order chi connectivity index (χ1) is 9.41. The van der Waals surface area contributed by atoms with Crippen molar-refractivity contribution in [2.45, 2.75) is 13.8 Å². The number of ether oxygens (including phenoxy) is 1. The van der Waals surface area contributed by atoms with Gasteiger partial charge in [0.2, 0.25) is 0 Å². The first-order valence-corrected chi connectivity index (χ1v) is 6.32. The van der Waals surface area contributed by atoms with Crippen molar-refractivity contribution in [1.29, 1.82) is 0 Å². The van der Waals surface area contributed by atoms with Gasteiger partial charge in [-0.15, -0.1) is 0 Å². The number of aromatic hydroxyl groups is 1. The van der Waals surface area contributed by atoms with Gasteiger partial charge in [-0.2, -0.15) is 0 Å². The second kappa shape index (κ2) is 7.37. The first kappa shape index (κ1) is 15.8. The van der Waals surface area contributed by atoms with Crippen molar-refractivity contribution in [2.24, 2.45) is 11.8 Å².